The molecule has 1 N–H and O–H groups in total. The Hall–Kier alpha value is 1.34. The van der Waals surface area contributed by atoms with Gasteiger partial charge in [-0.25, -0.2) is 9.97 Å². The number of thioether (sulfide) groups is 2. The fraction of sp³-hybridized carbons (Fsp3) is 0.476. The first-order valence-electron chi connectivity index (χ1n) is 11.0. The number of amides is 1. The van der Waals surface area contributed by atoms with E-state index in [0.717, 1.165) is 43.7 Å². The zero-order valence-corrected chi connectivity index (χ0v) is 30.9. The number of halogens is 6. The number of hydrogen-bond acceptors (Lipinski definition) is 12. The zero-order valence-electron chi connectivity index (χ0n) is 20.3. The van der Waals surface area contributed by atoms with Crippen molar-refractivity contribution in [2.45, 2.75) is 59.1 Å². The lowest BCUT2D eigenvalue weighted by Crippen LogP contribution is -2.65. The van der Waals surface area contributed by atoms with Gasteiger partial charge in [-0.2, -0.15) is 13.2 Å². The molecule has 2 aromatic rings. The van der Waals surface area contributed by atoms with Crippen molar-refractivity contribution in [3.05, 3.63) is 43.0 Å². The fourth-order valence-electron chi connectivity index (χ4n) is 3.92. The number of rotatable bonds is 13. The predicted octanol–water partition coefficient (Wildman–Crippen LogP) is 7.91. The van der Waals surface area contributed by atoms with Gasteiger partial charge in [0.15, 0.2) is 0 Å². The molecule has 1 fully saturated rings. The van der Waals surface area contributed by atoms with Crippen LogP contribution in [-0.4, -0.2) is 69.5 Å². The summed E-state index contributed by atoms with van der Waals surface area (Å²) in [5.74, 6) is -2.06. The van der Waals surface area contributed by atoms with Gasteiger partial charge in [-0.3, -0.25) is 17.3 Å². The van der Waals surface area contributed by atoms with Crippen molar-refractivity contribution in [3.63, 3.8) is 0 Å². The van der Waals surface area contributed by atoms with Crippen LogP contribution in [0.1, 0.15) is 6.92 Å². The maximum Gasteiger partial charge on any atom is 0.471 e. The van der Waals surface area contributed by atoms with Crippen LogP contribution in [-0.2, 0) is 22.1 Å². The molecule has 7 atom stereocenters. The van der Waals surface area contributed by atoms with E-state index < -0.39 is 53.2 Å². The summed E-state index contributed by atoms with van der Waals surface area (Å²) in [4.78, 5) is 21.1. The summed E-state index contributed by atoms with van der Waals surface area (Å²) in [7, 11) is 3.16. The Morgan fingerprint density at radius 3 is 2.10 bits per heavy atom. The first-order valence-corrected chi connectivity index (χ1v) is 23.1. The van der Waals surface area contributed by atoms with E-state index in [1.807, 2.05) is 87.9 Å². The number of carbonyl (C=O) groups is 1. The highest BCUT2D eigenvalue weighted by atomic mass is 127. The van der Waals surface area contributed by atoms with Gasteiger partial charge >= 0.3 is 12.1 Å². The van der Waals surface area contributed by atoms with Crippen LogP contribution in [0.2, 0.25) is 0 Å². The molecule has 2 heterocycles. The first kappa shape index (κ1) is 35.8. The van der Waals surface area contributed by atoms with Crippen LogP contribution in [0.3, 0.4) is 0 Å². The standard InChI is InChI=1S/C21H21F3I3N3O5S5/c1-10(37-13-5-3-11(4-6-13)12-7-28-9-29-8-12)14(30-20(31)21(22,23)24)15-16(33-38-25)17(34-39-26)18(35-40-27)19(32-15)36-2/h3-10,14-19H,1-2H3,(H,30,31). The number of nitrogens with one attached hydrogen (secondary N) is 1. The molecule has 8 nitrogen and oxygen atoms in total. The molecule has 0 aliphatic carbocycles. The topological polar surface area (TPSA) is 91.8 Å². The van der Waals surface area contributed by atoms with Gasteiger partial charge in [0.1, 0.15) is 36.2 Å². The zero-order chi connectivity index (χ0) is 29.3. The van der Waals surface area contributed by atoms with Crippen molar-refractivity contribution < 1.29 is 35.3 Å². The third-order valence-corrected chi connectivity index (χ3v) is 10.5. The minimum absolute atomic E-state index is 0.570. The van der Waals surface area contributed by atoms with E-state index in [2.05, 4.69) is 15.3 Å². The third-order valence-electron chi connectivity index (χ3n) is 5.69. The highest BCUT2D eigenvalue weighted by Crippen LogP contribution is 2.42. The lowest BCUT2D eigenvalue weighted by molar-refractivity contribution is -0.185. The van der Waals surface area contributed by atoms with Crippen molar-refractivity contribution in [1.82, 2.24) is 15.3 Å². The maximum absolute atomic E-state index is 13.5. The highest BCUT2D eigenvalue weighted by molar-refractivity contribution is 14.2. The molecular formula is C21H21F3I3N3O5S5. The fourth-order valence-corrected chi connectivity index (χ4v) is 8.86. The summed E-state index contributed by atoms with van der Waals surface area (Å²) in [5, 5.41) is 1.62. The quantitative estimate of drug-likeness (QED) is 0.120. The molecule has 1 aromatic carbocycles. The van der Waals surface area contributed by atoms with Gasteiger partial charge in [-0.1, -0.05) is 19.1 Å². The summed E-state index contributed by atoms with van der Waals surface area (Å²) in [6.07, 6.45) is -1.64. The molecule has 3 rings (SSSR count). The SMILES string of the molecule is CSC1OC(C(NC(=O)C(F)(F)F)C(C)Sc2ccc(-c3cncnc3)cc2)C(OSI)C(OSI)C1OSI. The summed E-state index contributed by atoms with van der Waals surface area (Å²) < 4.78 is 64.4. The van der Waals surface area contributed by atoms with Crippen LogP contribution in [0.25, 0.3) is 11.1 Å². The van der Waals surface area contributed by atoms with Crippen LogP contribution >= 0.6 is 115 Å². The average Bonchev–Trinajstić information content (AvgIpc) is 2.94. The van der Waals surface area contributed by atoms with Gasteiger partial charge < -0.3 is 10.1 Å². The second-order valence-corrected chi connectivity index (χ2v) is 14.6. The van der Waals surface area contributed by atoms with Crippen molar-refractivity contribution in [3.8, 4) is 11.1 Å². The minimum atomic E-state index is -5.08. The smallest absolute Gasteiger partial charge is 0.356 e. The predicted molar refractivity (Wildman–Crippen MR) is 182 cm³/mol. The Kier molecular flexibility index (Phi) is 15.9. The molecule has 1 aliphatic rings. The van der Waals surface area contributed by atoms with E-state index >= 15 is 0 Å². The Morgan fingerprint density at radius 1 is 0.975 bits per heavy atom. The van der Waals surface area contributed by atoms with Crippen molar-refractivity contribution in [2.75, 3.05) is 6.26 Å². The van der Waals surface area contributed by atoms with Gasteiger partial charge in [0.25, 0.3) is 0 Å². The summed E-state index contributed by atoms with van der Waals surface area (Å²) in [5.41, 5.74) is 1.12. The van der Waals surface area contributed by atoms with Crippen molar-refractivity contribution in [1.29, 1.82) is 0 Å². The Bertz CT molecular complexity index is 1070. The maximum atomic E-state index is 13.5. The van der Waals surface area contributed by atoms with Crippen LogP contribution in [0.5, 0.6) is 0 Å². The molecule has 19 heteroatoms. The molecule has 1 amide bonds. The van der Waals surface area contributed by atoms with Gasteiger partial charge in [-0.15, -0.1) is 23.5 Å². The number of carbonyl (C=O) groups excluding carboxylic acids is 1. The lowest BCUT2D eigenvalue weighted by Gasteiger charge is -2.47. The van der Waals surface area contributed by atoms with Crippen molar-refractivity contribution in [2.24, 2.45) is 0 Å². The van der Waals surface area contributed by atoms with Crippen LogP contribution in [0.4, 0.5) is 13.2 Å². The van der Waals surface area contributed by atoms with E-state index in [9.17, 15) is 18.0 Å². The Balaban J connectivity index is 1.94. The molecule has 0 radical (unpaired) electrons. The highest BCUT2D eigenvalue weighted by Gasteiger charge is 2.54. The molecule has 7 unspecified atom stereocenters. The van der Waals surface area contributed by atoms with Gasteiger partial charge in [-0.05, 0) is 24.0 Å². The average molecular weight is 993 g/mol. The van der Waals surface area contributed by atoms with E-state index in [1.165, 1.54) is 29.9 Å². The Labute approximate surface area is 287 Å². The Morgan fingerprint density at radius 2 is 1.55 bits per heavy atom. The number of hydrogen-bond donors (Lipinski definition) is 1. The molecule has 0 saturated carbocycles. The molecule has 0 spiro atoms. The number of ether oxygens (including phenoxy) is 1. The minimum Gasteiger partial charge on any atom is -0.356 e. The third kappa shape index (κ3) is 9.92. The second-order valence-electron chi connectivity index (χ2n) is 8.05. The molecule has 0 bridgehead atoms. The molecule has 1 aliphatic heterocycles. The first-order chi connectivity index (χ1) is 19.1. The van der Waals surface area contributed by atoms with Crippen LogP contribution < -0.4 is 5.32 Å². The molecule has 40 heavy (non-hydrogen) atoms. The number of benzene rings is 1. The van der Waals surface area contributed by atoms with Gasteiger partial charge in [0.2, 0.25) is 0 Å². The molecule has 222 valence electrons. The van der Waals surface area contributed by atoms with Crippen LogP contribution in [0.15, 0.2) is 47.9 Å². The van der Waals surface area contributed by atoms with E-state index in [1.54, 1.807) is 25.6 Å². The lowest BCUT2D eigenvalue weighted by atomic mass is 9.93. The molecule has 1 aromatic heterocycles. The van der Waals surface area contributed by atoms with Gasteiger partial charge in [0, 0.05) is 91.7 Å². The number of alkyl halides is 3. The monoisotopic (exact) mass is 993 g/mol. The van der Waals surface area contributed by atoms with E-state index in [-0.39, 0.29) is 0 Å². The van der Waals surface area contributed by atoms with Crippen LogP contribution in [0, 0.1) is 0 Å². The number of aromatic nitrogens is 2. The summed E-state index contributed by atoms with van der Waals surface area (Å²) >= 11 is 8.51. The number of nitrogens with zero attached hydrogens (tertiary/aromatic N) is 2. The second kappa shape index (κ2) is 17.7. The summed E-state index contributed by atoms with van der Waals surface area (Å²) in [6.45, 7) is 1.74. The largest absolute Gasteiger partial charge is 0.471 e. The van der Waals surface area contributed by atoms with Gasteiger partial charge in [0.05, 0.1) is 33.7 Å². The molecule has 1 saturated heterocycles. The van der Waals surface area contributed by atoms with E-state index in [4.69, 9.17) is 17.3 Å². The van der Waals surface area contributed by atoms with E-state index in [0.29, 0.717) is 0 Å². The summed E-state index contributed by atoms with van der Waals surface area (Å²) in [6, 6.07) is 6.35. The normalized spacial score (nSPS) is 24.9. The molecular weight excluding hydrogens is 972 g/mol. The van der Waals surface area contributed by atoms with Crippen molar-refractivity contribution >= 4 is 121 Å².